The summed E-state index contributed by atoms with van der Waals surface area (Å²) in [6.07, 6.45) is 0.301. The third-order valence-electron chi connectivity index (χ3n) is 4.63. The molecular formula is C17H24N4O2. The molecule has 2 heterocycles. The fraction of sp³-hybridized carbons (Fsp3) is 0.471. The zero-order valence-corrected chi connectivity index (χ0v) is 13.5. The number of carbonyl (C=O) groups is 1. The van der Waals surface area contributed by atoms with Crippen LogP contribution in [0.25, 0.3) is 5.57 Å². The fourth-order valence-corrected chi connectivity index (χ4v) is 3.36. The molecule has 1 aromatic rings. The molecule has 1 aromatic carbocycles. The van der Waals surface area contributed by atoms with Gasteiger partial charge in [0.25, 0.3) is 0 Å². The highest BCUT2D eigenvalue weighted by molar-refractivity contribution is 6.19. The van der Waals surface area contributed by atoms with Crippen LogP contribution in [-0.4, -0.2) is 56.0 Å². The van der Waals surface area contributed by atoms with Crippen molar-refractivity contribution in [3.8, 4) is 0 Å². The molecule has 23 heavy (non-hydrogen) atoms. The number of ether oxygens (including phenoxy) is 1. The summed E-state index contributed by atoms with van der Waals surface area (Å²) in [5.74, 6) is -0.476. The van der Waals surface area contributed by atoms with Gasteiger partial charge in [0.1, 0.15) is 0 Å². The van der Waals surface area contributed by atoms with Crippen LogP contribution in [0.15, 0.2) is 30.8 Å². The number of hydrogen-bond donors (Lipinski definition) is 2. The van der Waals surface area contributed by atoms with Crippen LogP contribution < -0.4 is 16.0 Å². The van der Waals surface area contributed by atoms with E-state index in [1.807, 2.05) is 24.3 Å². The zero-order valence-electron chi connectivity index (χ0n) is 13.5. The average molecular weight is 316 g/mol. The Balaban J connectivity index is 1.78. The van der Waals surface area contributed by atoms with Gasteiger partial charge in [-0.25, -0.2) is 0 Å². The molecule has 0 radical (unpaired) electrons. The summed E-state index contributed by atoms with van der Waals surface area (Å²) in [5.41, 5.74) is 7.63. The number of carbonyl (C=O) groups excluding carboxylic acids is 1. The summed E-state index contributed by atoms with van der Waals surface area (Å²) < 4.78 is 5.40. The highest BCUT2D eigenvalue weighted by Crippen LogP contribution is 2.29. The zero-order chi connectivity index (χ0) is 16.4. The smallest absolute Gasteiger partial charge is 0.248 e. The van der Waals surface area contributed by atoms with E-state index in [0.717, 1.165) is 37.5 Å². The van der Waals surface area contributed by atoms with E-state index >= 15 is 0 Å². The van der Waals surface area contributed by atoms with Crippen LogP contribution >= 0.6 is 0 Å². The number of nitrogens with zero attached hydrogens (tertiary/aromatic N) is 2. The molecule has 6 nitrogen and oxygen atoms in total. The van der Waals surface area contributed by atoms with Crippen LogP contribution in [-0.2, 0) is 9.53 Å². The second-order valence-corrected chi connectivity index (χ2v) is 6.13. The lowest BCUT2D eigenvalue weighted by atomic mass is 10.0. The van der Waals surface area contributed by atoms with E-state index < -0.39 is 5.91 Å². The number of nitrogens with one attached hydrogen (secondary N) is 1. The molecule has 2 aliphatic rings. The SMILES string of the molecule is C=C(C(N)=O)c1ccccc1N1CCN(C2COCN2)C[C@@H]1C. The first kappa shape index (κ1) is 16.0. The molecule has 0 aromatic heterocycles. The van der Waals surface area contributed by atoms with E-state index in [9.17, 15) is 4.79 Å². The topological polar surface area (TPSA) is 70.8 Å². The predicted molar refractivity (Wildman–Crippen MR) is 90.8 cm³/mol. The van der Waals surface area contributed by atoms with Gasteiger partial charge in [-0.05, 0) is 13.0 Å². The molecular weight excluding hydrogens is 292 g/mol. The van der Waals surface area contributed by atoms with Gasteiger partial charge in [-0.3, -0.25) is 15.0 Å². The highest BCUT2D eigenvalue weighted by Gasteiger charge is 2.31. The Hall–Kier alpha value is -1.89. The van der Waals surface area contributed by atoms with Crippen molar-refractivity contribution < 1.29 is 9.53 Å². The summed E-state index contributed by atoms with van der Waals surface area (Å²) >= 11 is 0. The van der Waals surface area contributed by atoms with E-state index in [2.05, 4.69) is 28.6 Å². The molecule has 0 spiro atoms. The standard InChI is InChI=1S/C17H24N4O2/c1-12-9-20(16-10-23-11-19-16)7-8-21(12)15-6-4-3-5-14(15)13(2)17(18)22/h3-6,12,16,19H,2,7-11H2,1H3,(H2,18,22)/t12-,16?/m0/s1. The first-order valence-corrected chi connectivity index (χ1v) is 7.98. The van der Waals surface area contributed by atoms with Gasteiger partial charge in [0.2, 0.25) is 5.91 Å². The molecule has 6 heteroatoms. The van der Waals surface area contributed by atoms with Gasteiger partial charge < -0.3 is 15.4 Å². The van der Waals surface area contributed by atoms with Crippen molar-refractivity contribution in [2.45, 2.75) is 19.1 Å². The molecule has 3 rings (SSSR count). The Labute approximate surface area is 136 Å². The lowest BCUT2D eigenvalue weighted by Gasteiger charge is -2.43. The molecule has 0 saturated carbocycles. The lowest BCUT2D eigenvalue weighted by molar-refractivity contribution is -0.112. The largest absolute Gasteiger partial charge is 0.366 e. The number of benzene rings is 1. The normalized spacial score (nSPS) is 25.5. The van der Waals surface area contributed by atoms with Crippen LogP contribution in [0.4, 0.5) is 5.69 Å². The molecule has 2 atom stereocenters. The van der Waals surface area contributed by atoms with Crippen molar-refractivity contribution in [1.82, 2.24) is 10.2 Å². The Kier molecular flexibility index (Phi) is 4.66. The van der Waals surface area contributed by atoms with Crippen LogP contribution in [0.3, 0.4) is 0 Å². The van der Waals surface area contributed by atoms with Crippen LogP contribution in [0.1, 0.15) is 12.5 Å². The molecule has 3 N–H and O–H groups in total. The summed E-state index contributed by atoms with van der Waals surface area (Å²) in [6, 6.07) is 8.17. The third kappa shape index (κ3) is 3.24. The van der Waals surface area contributed by atoms with E-state index in [4.69, 9.17) is 10.5 Å². The number of nitrogens with two attached hydrogens (primary N) is 1. The average Bonchev–Trinajstić information content (AvgIpc) is 3.08. The molecule has 1 amide bonds. The van der Waals surface area contributed by atoms with E-state index in [1.165, 1.54) is 0 Å². The van der Waals surface area contributed by atoms with Crippen LogP contribution in [0, 0.1) is 0 Å². The maximum Gasteiger partial charge on any atom is 0.248 e. The van der Waals surface area contributed by atoms with Crippen LogP contribution in [0.2, 0.25) is 0 Å². The highest BCUT2D eigenvalue weighted by atomic mass is 16.5. The monoisotopic (exact) mass is 316 g/mol. The Morgan fingerprint density at radius 3 is 2.83 bits per heavy atom. The number of hydrogen-bond acceptors (Lipinski definition) is 5. The number of rotatable bonds is 4. The summed E-state index contributed by atoms with van der Waals surface area (Å²) in [4.78, 5) is 16.3. The van der Waals surface area contributed by atoms with Gasteiger partial charge in [-0.15, -0.1) is 0 Å². The fourth-order valence-electron chi connectivity index (χ4n) is 3.36. The molecule has 2 fully saturated rings. The van der Waals surface area contributed by atoms with Gasteiger partial charge in [0.15, 0.2) is 0 Å². The minimum Gasteiger partial charge on any atom is -0.366 e. The second-order valence-electron chi connectivity index (χ2n) is 6.13. The molecule has 2 saturated heterocycles. The van der Waals surface area contributed by atoms with Crippen molar-refractivity contribution in [2.75, 3.05) is 37.9 Å². The summed E-state index contributed by atoms with van der Waals surface area (Å²) in [6.45, 7) is 10.2. The Morgan fingerprint density at radius 2 is 2.17 bits per heavy atom. The first-order chi connectivity index (χ1) is 11.1. The number of piperazine rings is 1. The Bertz CT molecular complexity index is 598. The summed E-state index contributed by atoms with van der Waals surface area (Å²) in [5, 5.41) is 3.36. The van der Waals surface area contributed by atoms with Gasteiger partial charge >= 0.3 is 0 Å². The minimum absolute atomic E-state index is 0.301. The molecule has 2 aliphatic heterocycles. The van der Waals surface area contributed by atoms with Gasteiger partial charge in [0.05, 0.1) is 19.5 Å². The van der Waals surface area contributed by atoms with Crippen molar-refractivity contribution >= 4 is 17.2 Å². The summed E-state index contributed by atoms with van der Waals surface area (Å²) in [7, 11) is 0. The number of para-hydroxylation sites is 1. The first-order valence-electron chi connectivity index (χ1n) is 7.98. The molecule has 0 aliphatic carbocycles. The minimum atomic E-state index is -0.476. The number of anilines is 1. The van der Waals surface area contributed by atoms with Crippen molar-refractivity contribution in [3.05, 3.63) is 36.4 Å². The lowest BCUT2D eigenvalue weighted by Crippen LogP contribution is -2.57. The maximum atomic E-state index is 11.5. The molecule has 1 unspecified atom stereocenters. The van der Waals surface area contributed by atoms with Crippen molar-refractivity contribution in [1.29, 1.82) is 0 Å². The third-order valence-corrected chi connectivity index (χ3v) is 4.63. The number of primary amides is 1. The second kappa shape index (κ2) is 6.70. The van der Waals surface area contributed by atoms with Crippen molar-refractivity contribution in [3.63, 3.8) is 0 Å². The maximum absolute atomic E-state index is 11.5. The van der Waals surface area contributed by atoms with E-state index in [0.29, 0.717) is 24.5 Å². The quantitative estimate of drug-likeness (QED) is 0.796. The van der Waals surface area contributed by atoms with Gasteiger partial charge in [-0.1, -0.05) is 24.8 Å². The molecule has 124 valence electrons. The van der Waals surface area contributed by atoms with E-state index in [1.54, 1.807) is 0 Å². The van der Waals surface area contributed by atoms with Gasteiger partial charge in [0, 0.05) is 42.5 Å². The van der Waals surface area contributed by atoms with Crippen LogP contribution in [0.5, 0.6) is 0 Å². The Morgan fingerprint density at radius 1 is 1.39 bits per heavy atom. The predicted octanol–water partition coefficient (Wildman–Crippen LogP) is 0.599. The molecule has 0 bridgehead atoms. The van der Waals surface area contributed by atoms with E-state index in [-0.39, 0.29) is 0 Å². The van der Waals surface area contributed by atoms with Crippen molar-refractivity contribution in [2.24, 2.45) is 5.73 Å². The van der Waals surface area contributed by atoms with Gasteiger partial charge in [-0.2, -0.15) is 0 Å². The number of amides is 1.